The maximum atomic E-state index is 5.87. The number of hydrogen-bond acceptors (Lipinski definition) is 3. The van der Waals surface area contributed by atoms with Crippen LogP contribution in [0.15, 0.2) is 11.4 Å². The van der Waals surface area contributed by atoms with Gasteiger partial charge in [-0.15, -0.1) is 11.3 Å². The van der Waals surface area contributed by atoms with Crippen LogP contribution in [0.5, 0.6) is 0 Å². The molecule has 1 N–H and O–H groups in total. The Hall–Kier alpha value is -0.380. The van der Waals surface area contributed by atoms with Crippen molar-refractivity contribution in [2.24, 2.45) is 0 Å². The zero-order valence-electron chi connectivity index (χ0n) is 11.5. The van der Waals surface area contributed by atoms with Crippen LogP contribution in [0.25, 0.3) is 0 Å². The molecule has 0 aliphatic heterocycles. The van der Waals surface area contributed by atoms with Gasteiger partial charge in [0.05, 0.1) is 12.1 Å². The molecule has 0 saturated heterocycles. The minimum absolute atomic E-state index is 0.278. The SMILES string of the molecule is CCCNC(c1ccsc1C)C(CC)OCC. The predicted molar refractivity (Wildman–Crippen MR) is 75.8 cm³/mol. The van der Waals surface area contributed by atoms with Gasteiger partial charge in [-0.1, -0.05) is 13.8 Å². The van der Waals surface area contributed by atoms with Crippen LogP contribution in [0.1, 0.15) is 50.1 Å². The van der Waals surface area contributed by atoms with E-state index in [4.69, 9.17) is 4.74 Å². The number of hydrogen-bond donors (Lipinski definition) is 1. The van der Waals surface area contributed by atoms with Gasteiger partial charge in [-0.2, -0.15) is 0 Å². The van der Waals surface area contributed by atoms with Crippen LogP contribution < -0.4 is 5.32 Å². The molecule has 1 rings (SSSR count). The first-order valence-corrected chi connectivity index (χ1v) is 7.51. The van der Waals surface area contributed by atoms with Crippen LogP contribution >= 0.6 is 11.3 Å². The van der Waals surface area contributed by atoms with Crippen molar-refractivity contribution in [2.75, 3.05) is 13.2 Å². The monoisotopic (exact) mass is 255 g/mol. The number of rotatable bonds is 8. The normalized spacial score (nSPS) is 14.8. The molecule has 0 aliphatic carbocycles. The molecule has 0 saturated carbocycles. The zero-order chi connectivity index (χ0) is 12.7. The van der Waals surface area contributed by atoms with Crippen molar-refractivity contribution < 1.29 is 4.74 Å². The lowest BCUT2D eigenvalue weighted by Gasteiger charge is -2.27. The number of ether oxygens (including phenoxy) is 1. The smallest absolute Gasteiger partial charge is 0.0767 e. The summed E-state index contributed by atoms with van der Waals surface area (Å²) >= 11 is 1.82. The molecule has 0 aliphatic rings. The lowest BCUT2D eigenvalue weighted by molar-refractivity contribution is 0.0314. The quantitative estimate of drug-likeness (QED) is 0.760. The van der Waals surface area contributed by atoms with E-state index in [0.717, 1.165) is 26.0 Å². The zero-order valence-corrected chi connectivity index (χ0v) is 12.3. The van der Waals surface area contributed by atoms with Crippen LogP contribution in [-0.2, 0) is 4.74 Å². The fourth-order valence-corrected chi connectivity index (χ4v) is 2.87. The van der Waals surface area contributed by atoms with Gasteiger partial charge >= 0.3 is 0 Å². The maximum Gasteiger partial charge on any atom is 0.0767 e. The summed E-state index contributed by atoms with van der Waals surface area (Å²) in [4.78, 5) is 1.40. The van der Waals surface area contributed by atoms with Crippen molar-refractivity contribution in [3.8, 4) is 0 Å². The summed E-state index contributed by atoms with van der Waals surface area (Å²) in [5.41, 5.74) is 1.41. The highest BCUT2D eigenvalue weighted by atomic mass is 32.1. The summed E-state index contributed by atoms with van der Waals surface area (Å²) in [6.07, 6.45) is 2.48. The fourth-order valence-electron chi connectivity index (χ4n) is 2.12. The number of thiophene rings is 1. The second kappa shape index (κ2) is 7.85. The lowest BCUT2D eigenvalue weighted by atomic mass is 10.00. The van der Waals surface area contributed by atoms with Gasteiger partial charge < -0.3 is 10.1 Å². The Kier molecular flexibility index (Phi) is 6.78. The van der Waals surface area contributed by atoms with Crippen molar-refractivity contribution in [3.05, 3.63) is 21.9 Å². The Morgan fingerprint density at radius 3 is 2.59 bits per heavy atom. The van der Waals surface area contributed by atoms with Gasteiger partial charge in [0.15, 0.2) is 0 Å². The molecule has 1 heterocycles. The highest BCUT2D eigenvalue weighted by molar-refractivity contribution is 7.10. The second-order valence-electron chi connectivity index (χ2n) is 4.27. The van der Waals surface area contributed by atoms with Crippen LogP contribution in [0, 0.1) is 6.92 Å². The summed E-state index contributed by atoms with van der Waals surface area (Å²) in [5.74, 6) is 0. The van der Waals surface area contributed by atoms with Crippen molar-refractivity contribution in [2.45, 2.75) is 52.7 Å². The largest absolute Gasteiger partial charge is 0.377 e. The Morgan fingerprint density at radius 1 is 1.35 bits per heavy atom. The third-order valence-electron chi connectivity index (χ3n) is 3.00. The Bertz CT molecular complexity index is 311. The van der Waals surface area contributed by atoms with Crippen molar-refractivity contribution in [3.63, 3.8) is 0 Å². The van der Waals surface area contributed by atoms with E-state index in [1.54, 1.807) is 0 Å². The molecule has 0 spiro atoms. The molecule has 2 atom stereocenters. The van der Waals surface area contributed by atoms with Gasteiger partial charge in [0.25, 0.3) is 0 Å². The first kappa shape index (κ1) is 14.7. The van der Waals surface area contributed by atoms with Crippen LogP contribution in [0.2, 0.25) is 0 Å². The summed E-state index contributed by atoms with van der Waals surface area (Å²) in [7, 11) is 0. The van der Waals surface area contributed by atoms with Gasteiger partial charge in [-0.05, 0) is 50.2 Å². The van der Waals surface area contributed by atoms with Crippen LogP contribution in [0.4, 0.5) is 0 Å². The summed E-state index contributed by atoms with van der Waals surface area (Å²) in [5, 5.41) is 5.80. The highest BCUT2D eigenvalue weighted by Crippen LogP contribution is 2.28. The second-order valence-corrected chi connectivity index (χ2v) is 5.39. The molecular weight excluding hydrogens is 230 g/mol. The average molecular weight is 255 g/mol. The van der Waals surface area contributed by atoms with Gasteiger partial charge in [-0.3, -0.25) is 0 Å². The molecule has 2 unspecified atom stereocenters. The van der Waals surface area contributed by atoms with E-state index in [2.05, 4.69) is 44.5 Å². The van der Waals surface area contributed by atoms with E-state index in [1.165, 1.54) is 10.4 Å². The van der Waals surface area contributed by atoms with Crippen molar-refractivity contribution >= 4 is 11.3 Å². The Labute approximate surface area is 109 Å². The number of aryl methyl sites for hydroxylation is 1. The molecule has 1 aromatic rings. The van der Waals surface area contributed by atoms with E-state index < -0.39 is 0 Å². The molecule has 3 heteroatoms. The summed E-state index contributed by atoms with van der Waals surface area (Å²) < 4.78 is 5.87. The highest BCUT2D eigenvalue weighted by Gasteiger charge is 2.23. The minimum Gasteiger partial charge on any atom is -0.377 e. The summed E-state index contributed by atoms with van der Waals surface area (Å²) in [6.45, 7) is 10.5. The van der Waals surface area contributed by atoms with Gasteiger partial charge in [0.1, 0.15) is 0 Å². The molecule has 0 radical (unpaired) electrons. The van der Waals surface area contributed by atoms with E-state index in [9.17, 15) is 0 Å². The average Bonchev–Trinajstić information content (AvgIpc) is 2.75. The van der Waals surface area contributed by atoms with E-state index in [-0.39, 0.29) is 6.10 Å². The van der Waals surface area contributed by atoms with E-state index in [1.807, 2.05) is 11.3 Å². The molecule has 1 aromatic heterocycles. The molecule has 0 amide bonds. The number of nitrogens with one attached hydrogen (secondary N) is 1. The topological polar surface area (TPSA) is 21.3 Å². The minimum atomic E-state index is 0.278. The lowest BCUT2D eigenvalue weighted by Crippen LogP contribution is -2.34. The Balaban J connectivity index is 2.82. The molecule has 17 heavy (non-hydrogen) atoms. The van der Waals surface area contributed by atoms with E-state index >= 15 is 0 Å². The van der Waals surface area contributed by atoms with E-state index in [0.29, 0.717) is 6.04 Å². The molecular formula is C14H25NOS. The van der Waals surface area contributed by atoms with Gasteiger partial charge in [0.2, 0.25) is 0 Å². The Morgan fingerprint density at radius 2 is 2.12 bits per heavy atom. The molecule has 0 aromatic carbocycles. The fraction of sp³-hybridized carbons (Fsp3) is 0.714. The van der Waals surface area contributed by atoms with Crippen molar-refractivity contribution in [1.29, 1.82) is 0 Å². The molecule has 0 bridgehead atoms. The van der Waals surface area contributed by atoms with Gasteiger partial charge in [-0.25, -0.2) is 0 Å². The third-order valence-corrected chi connectivity index (χ3v) is 3.86. The predicted octanol–water partition coefficient (Wildman–Crippen LogP) is 3.91. The molecule has 2 nitrogen and oxygen atoms in total. The first-order valence-electron chi connectivity index (χ1n) is 6.63. The van der Waals surface area contributed by atoms with Crippen molar-refractivity contribution in [1.82, 2.24) is 5.32 Å². The maximum absolute atomic E-state index is 5.87. The molecule has 98 valence electrons. The van der Waals surface area contributed by atoms with Gasteiger partial charge in [0, 0.05) is 11.5 Å². The van der Waals surface area contributed by atoms with Crippen LogP contribution in [-0.4, -0.2) is 19.3 Å². The standard InChI is InChI=1S/C14H25NOS/c1-5-9-15-14(13(6-2)16-7-3)12-8-10-17-11(12)4/h8,10,13-15H,5-7,9H2,1-4H3. The first-order chi connectivity index (χ1) is 8.24. The van der Waals surface area contributed by atoms with Crippen LogP contribution in [0.3, 0.4) is 0 Å². The molecule has 0 fully saturated rings. The summed E-state index contributed by atoms with van der Waals surface area (Å²) in [6, 6.07) is 2.57. The third kappa shape index (κ3) is 4.09.